The van der Waals surface area contributed by atoms with Crippen molar-refractivity contribution in [2.45, 2.75) is 12.4 Å². The third kappa shape index (κ3) is 3.48. The molecule has 0 spiro atoms. The predicted molar refractivity (Wildman–Crippen MR) is 81.2 cm³/mol. The molecule has 2 rings (SSSR count). The highest BCUT2D eigenvalue weighted by Crippen LogP contribution is 2.37. The largest absolute Gasteiger partial charge is 0.534 e. The Labute approximate surface area is 135 Å². The number of aliphatic imine (C=N–C) groups is 1. The van der Waals surface area contributed by atoms with Crippen molar-refractivity contribution < 1.29 is 30.2 Å². The van der Waals surface area contributed by atoms with Crippen molar-refractivity contribution in [3.63, 3.8) is 0 Å². The van der Waals surface area contributed by atoms with E-state index in [1.807, 2.05) is 0 Å². The maximum Gasteiger partial charge on any atom is 0.534 e. The number of pyridine rings is 1. The van der Waals surface area contributed by atoms with Crippen molar-refractivity contribution in [1.82, 2.24) is 4.98 Å². The number of hydrogen-bond acceptors (Lipinski definition) is 6. The van der Waals surface area contributed by atoms with Gasteiger partial charge in [0.1, 0.15) is 0 Å². The highest BCUT2D eigenvalue weighted by atomic mass is 32.2. The Morgan fingerprint density at radius 3 is 2.79 bits per heavy atom. The minimum atomic E-state index is -5.86. The van der Waals surface area contributed by atoms with E-state index in [0.29, 0.717) is 0 Å². The van der Waals surface area contributed by atoms with E-state index in [1.165, 1.54) is 43.7 Å². The van der Waals surface area contributed by atoms with Crippen molar-refractivity contribution >= 4 is 26.8 Å². The molecule has 10 heteroatoms. The average Bonchev–Trinajstić information content (AvgIpc) is 2.85. The van der Waals surface area contributed by atoms with Gasteiger partial charge in [-0.2, -0.15) is 21.6 Å². The van der Waals surface area contributed by atoms with Crippen LogP contribution in [-0.4, -0.2) is 24.6 Å². The van der Waals surface area contributed by atoms with Crippen LogP contribution < -0.4 is 4.18 Å². The van der Waals surface area contributed by atoms with Crippen LogP contribution in [0.2, 0.25) is 0 Å². The first-order valence-electron chi connectivity index (χ1n) is 6.37. The molecular weight excluding hydrogens is 349 g/mol. The molecule has 0 aliphatic carbocycles. The Morgan fingerprint density at radius 2 is 2.17 bits per heavy atom. The maximum absolute atomic E-state index is 12.6. The molecule has 0 unspecified atom stereocenters. The lowest BCUT2D eigenvalue weighted by molar-refractivity contribution is -0.0499. The number of hydrogen-bond donors (Lipinski definition) is 0. The molecule has 128 valence electrons. The van der Waals surface area contributed by atoms with Gasteiger partial charge in [-0.3, -0.25) is 9.98 Å². The zero-order valence-corrected chi connectivity index (χ0v) is 13.1. The Kier molecular flexibility index (Phi) is 4.78. The number of halogens is 3. The summed E-state index contributed by atoms with van der Waals surface area (Å²) in [6.45, 7) is 4.86. The molecule has 24 heavy (non-hydrogen) atoms. The fraction of sp³-hybridized carbons (Fsp3) is 0.143. The number of alkyl halides is 3. The summed E-state index contributed by atoms with van der Waals surface area (Å²) < 4.78 is 70.1. The van der Waals surface area contributed by atoms with Gasteiger partial charge in [-0.15, -0.1) is 0 Å². The van der Waals surface area contributed by atoms with Gasteiger partial charge in [-0.05, 0) is 19.1 Å². The van der Waals surface area contributed by atoms with Gasteiger partial charge in [0, 0.05) is 12.4 Å². The van der Waals surface area contributed by atoms with Gasteiger partial charge < -0.3 is 8.60 Å². The SMILES string of the molecule is C=C/C=C\N=C(C)c1oc2cnccc2c1OS(=O)(=O)C(F)(F)F. The zero-order chi connectivity index (χ0) is 18.0. The number of allylic oxidation sites excluding steroid dienone is 2. The van der Waals surface area contributed by atoms with E-state index >= 15 is 0 Å². The molecule has 2 aromatic heterocycles. The minimum absolute atomic E-state index is 0.0232. The van der Waals surface area contributed by atoms with Crippen molar-refractivity contribution in [3.8, 4) is 5.75 Å². The second-order valence-electron chi connectivity index (χ2n) is 4.41. The Balaban J connectivity index is 2.63. The van der Waals surface area contributed by atoms with Crippen LogP contribution in [0.3, 0.4) is 0 Å². The molecule has 0 saturated heterocycles. The predicted octanol–water partition coefficient (Wildman–Crippen LogP) is 3.56. The number of aromatic nitrogens is 1. The van der Waals surface area contributed by atoms with Crippen LogP contribution >= 0.6 is 0 Å². The van der Waals surface area contributed by atoms with Crippen LogP contribution in [-0.2, 0) is 10.1 Å². The molecule has 6 nitrogen and oxygen atoms in total. The summed E-state index contributed by atoms with van der Waals surface area (Å²) >= 11 is 0. The molecule has 0 fully saturated rings. The van der Waals surface area contributed by atoms with Crippen LogP contribution in [0.15, 0.2) is 52.8 Å². The maximum atomic E-state index is 12.6. The van der Waals surface area contributed by atoms with Gasteiger partial charge in [0.25, 0.3) is 0 Å². The van der Waals surface area contributed by atoms with E-state index in [0.717, 1.165) is 0 Å². The van der Waals surface area contributed by atoms with E-state index in [-0.39, 0.29) is 22.4 Å². The van der Waals surface area contributed by atoms with E-state index in [2.05, 4.69) is 20.7 Å². The highest BCUT2D eigenvalue weighted by Gasteiger charge is 2.49. The van der Waals surface area contributed by atoms with Crippen LogP contribution in [0.4, 0.5) is 13.2 Å². The second kappa shape index (κ2) is 6.48. The molecule has 0 aliphatic heterocycles. The molecule has 0 atom stereocenters. The minimum Gasteiger partial charge on any atom is -0.449 e. The number of rotatable bonds is 5. The summed E-state index contributed by atoms with van der Waals surface area (Å²) in [5.41, 5.74) is -5.41. The van der Waals surface area contributed by atoms with Crippen molar-refractivity contribution in [1.29, 1.82) is 0 Å². The summed E-state index contributed by atoms with van der Waals surface area (Å²) in [5.74, 6) is -0.850. The molecule has 0 bridgehead atoms. The molecule has 0 aliphatic rings. The lowest BCUT2D eigenvalue weighted by atomic mass is 10.2. The van der Waals surface area contributed by atoms with Crippen molar-refractivity contribution in [2.75, 3.05) is 0 Å². The Bertz CT molecular complexity index is 927. The first-order valence-corrected chi connectivity index (χ1v) is 7.78. The van der Waals surface area contributed by atoms with E-state index < -0.39 is 21.4 Å². The number of fused-ring (bicyclic) bond motifs is 1. The van der Waals surface area contributed by atoms with Crippen molar-refractivity contribution in [2.24, 2.45) is 4.99 Å². The standard InChI is InChI=1S/C14H11F3N2O4S/c1-3-4-6-19-9(2)12-13(23-24(20,21)14(15,16)17)10-5-7-18-8-11(10)22-12/h3-8H,1H2,2H3/b6-4-,19-9?. The Morgan fingerprint density at radius 1 is 1.46 bits per heavy atom. The second-order valence-corrected chi connectivity index (χ2v) is 5.94. The van der Waals surface area contributed by atoms with Gasteiger partial charge in [0.05, 0.1) is 17.3 Å². The first kappa shape index (κ1) is 17.7. The van der Waals surface area contributed by atoms with Gasteiger partial charge in [-0.1, -0.05) is 12.7 Å². The third-order valence-electron chi connectivity index (χ3n) is 2.74. The van der Waals surface area contributed by atoms with Gasteiger partial charge in [-0.25, -0.2) is 0 Å². The highest BCUT2D eigenvalue weighted by molar-refractivity contribution is 7.88. The molecule has 0 radical (unpaired) electrons. The monoisotopic (exact) mass is 360 g/mol. The van der Waals surface area contributed by atoms with Crippen LogP contribution in [0.5, 0.6) is 5.75 Å². The number of nitrogens with zero attached hydrogens (tertiary/aromatic N) is 2. The summed E-state index contributed by atoms with van der Waals surface area (Å²) in [4.78, 5) is 7.69. The van der Waals surface area contributed by atoms with Crippen molar-refractivity contribution in [3.05, 3.63) is 49.2 Å². The fourth-order valence-corrected chi connectivity index (χ4v) is 2.16. The lowest BCUT2D eigenvalue weighted by Crippen LogP contribution is -2.28. The first-order chi connectivity index (χ1) is 11.2. The molecule has 0 saturated carbocycles. The molecular formula is C14H11F3N2O4S. The molecule has 0 amide bonds. The smallest absolute Gasteiger partial charge is 0.449 e. The van der Waals surface area contributed by atoms with Crippen LogP contribution in [0.1, 0.15) is 12.7 Å². The summed E-state index contributed by atoms with van der Waals surface area (Å²) in [7, 11) is -5.86. The molecule has 2 aromatic rings. The Hall–Kier alpha value is -2.62. The van der Waals surface area contributed by atoms with Gasteiger partial charge in [0.15, 0.2) is 17.1 Å². The molecule has 2 heterocycles. The van der Waals surface area contributed by atoms with E-state index in [4.69, 9.17) is 4.42 Å². The summed E-state index contributed by atoms with van der Waals surface area (Å²) in [6, 6.07) is 1.27. The van der Waals surface area contributed by atoms with Crippen LogP contribution in [0.25, 0.3) is 11.0 Å². The van der Waals surface area contributed by atoms with Crippen LogP contribution in [0, 0.1) is 0 Å². The number of furan rings is 1. The van der Waals surface area contributed by atoms with E-state index in [9.17, 15) is 21.6 Å². The summed E-state index contributed by atoms with van der Waals surface area (Å²) in [5, 5.41) is 0.0232. The summed E-state index contributed by atoms with van der Waals surface area (Å²) in [6.07, 6.45) is 6.71. The normalized spacial score (nSPS) is 13.6. The quantitative estimate of drug-likeness (QED) is 0.352. The lowest BCUT2D eigenvalue weighted by Gasteiger charge is -2.09. The average molecular weight is 360 g/mol. The topological polar surface area (TPSA) is 81.8 Å². The van der Waals surface area contributed by atoms with E-state index in [1.54, 1.807) is 0 Å². The molecule has 0 aromatic carbocycles. The zero-order valence-electron chi connectivity index (χ0n) is 12.2. The van der Waals surface area contributed by atoms with Gasteiger partial charge >= 0.3 is 15.6 Å². The third-order valence-corrected chi connectivity index (χ3v) is 3.70. The van der Waals surface area contributed by atoms with Gasteiger partial charge in [0.2, 0.25) is 0 Å². The fourth-order valence-electron chi connectivity index (χ4n) is 1.68. The molecule has 0 N–H and O–H groups in total.